The number of rotatable bonds is 4. The first-order valence-corrected chi connectivity index (χ1v) is 8.67. The zero-order valence-corrected chi connectivity index (χ0v) is 12.9. The van der Waals surface area contributed by atoms with Crippen LogP contribution in [0.1, 0.15) is 24.8 Å². The lowest BCUT2D eigenvalue weighted by atomic mass is 9.99. The van der Waals surface area contributed by atoms with Crippen LogP contribution in [-0.2, 0) is 14.8 Å². The van der Waals surface area contributed by atoms with Crippen LogP contribution in [0.25, 0.3) is 0 Å². The summed E-state index contributed by atoms with van der Waals surface area (Å²) in [4.78, 5) is 13.8. The maximum atomic E-state index is 12.9. The quantitative estimate of drug-likeness (QED) is 0.904. The highest BCUT2D eigenvalue weighted by Gasteiger charge is 2.30. The number of hydrogen-bond acceptors (Lipinski definition) is 3. The number of halogens is 1. The Kier molecular flexibility index (Phi) is 4.63. The molecule has 2 rings (SSSR count). The van der Waals surface area contributed by atoms with Gasteiger partial charge < -0.3 is 4.90 Å². The van der Waals surface area contributed by atoms with Gasteiger partial charge in [-0.05, 0) is 31.0 Å². The summed E-state index contributed by atoms with van der Waals surface area (Å²) in [6.07, 6.45) is 1.82. The van der Waals surface area contributed by atoms with E-state index in [1.165, 1.54) is 19.1 Å². The number of likely N-dealkylation sites (tertiary alicyclic amines) is 1. The van der Waals surface area contributed by atoms with E-state index in [1.807, 2.05) is 0 Å². The molecule has 0 aromatic heterocycles. The summed E-state index contributed by atoms with van der Waals surface area (Å²) in [5, 5.41) is 0. The molecule has 5 nitrogen and oxygen atoms in total. The van der Waals surface area contributed by atoms with Gasteiger partial charge in [0.2, 0.25) is 15.9 Å². The summed E-state index contributed by atoms with van der Waals surface area (Å²) in [5.74, 6) is -0.347. The Balaban J connectivity index is 1.98. The molecule has 1 aromatic carbocycles. The lowest BCUT2D eigenvalue weighted by molar-refractivity contribution is -0.131. The molecule has 0 unspecified atom stereocenters. The fourth-order valence-electron chi connectivity index (χ4n) is 2.61. The fourth-order valence-corrected chi connectivity index (χ4v) is 3.36. The van der Waals surface area contributed by atoms with Gasteiger partial charge in [0.25, 0.3) is 0 Å². The SMILES string of the molecule is C[C@H](NS(C)(=O)=O)C(=O)N1CC[C@H](c2ccc(F)cc2)C1. The Labute approximate surface area is 124 Å². The van der Waals surface area contributed by atoms with Crippen LogP contribution >= 0.6 is 0 Å². The van der Waals surface area contributed by atoms with E-state index in [0.29, 0.717) is 13.1 Å². The standard InChI is InChI=1S/C14H19FN2O3S/c1-10(16-21(2,19)20)14(18)17-8-7-12(9-17)11-3-5-13(15)6-4-11/h3-6,10,12,16H,7-9H2,1-2H3/t10-,12-/m0/s1. The average Bonchev–Trinajstić information content (AvgIpc) is 2.86. The van der Waals surface area contributed by atoms with E-state index in [9.17, 15) is 17.6 Å². The van der Waals surface area contributed by atoms with Crippen molar-refractivity contribution < 1.29 is 17.6 Å². The topological polar surface area (TPSA) is 66.5 Å². The number of benzene rings is 1. The number of carbonyl (C=O) groups excluding carboxylic acids is 1. The molecule has 21 heavy (non-hydrogen) atoms. The van der Waals surface area contributed by atoms with Gasteiger partial charge in [-0.1, -0.05) is 12.1 Å². The van der Waals surface area contributed by atoms with E-state index in [0.717, 1.165) is 18.2 Å². The number of nitrogens with one attached hydrogen (secondary N) is 1. The summed E-state index contributed by atoms with van der Waals surface area (Å²) in [5.41, 5.74) is 0.996. The summed E-state index contributed by atoms with van der Waals surface area (Å²) >= 11 is 0. The first kappa shape index (κ1) is 15.9. The second kappa shape index (κ2) is 6.11. The summed E-state index contributed by atoms with van der Waals surface area (Å²) < 4.78 is 37.5. The van der Waals surface area contributed by atoms with Crippen molar-refractivity contribution in [2.24, 2.45) is 0 Å². The van der Waals surface area contributed by atoms with Crippen LogP contribution < -0.4 is 4.72 Å². The third kappa shape index (κ3) is 4.25. The molecule has 7 heteroatoms. The molecule has 2 atom stereocenters. The number of sulfonamides is 1. The molecular weight excluding hydrogens is 295 g/mol. The van der Waals surface area contributed by atoms with E-state index >= 15 is 0 Å². The summed E-state index contributed by atoms with van der Waals surface area (Å²) in [6, 6.07) is 5.51. The molecule has 1 aliphatic rings. The molecule has 1 saturated heterocycles. The molecule has 1 aliphatic heterocycles. The molecule has 0 bridgehead atoms. The molecule has 1 aromatic rings. The van der Waals surface area contributed by atoms with Gasteiger partial charge in [-0.15, -0.1) is 0 Å². The van der Waals surface area contributed by atoms with E-state index in [4.69, 9.17) is 0 Å². The monoisotopic (exact) mass is 314 g/mol. The van der Waals surface area contributed by atoms with Gasteiger partial charge in [0, 0.05) is 19.0 Å². The van der Waals surface area contributed by atoms with Crippen LogP contribution in [0.4, 0.5) is 4.39 Å². The van der Waals surface area contributed by atoms with Crippen molar-refractivity contribution in [3.8, 4) is 0 Å². The Bertz CT molecular complexity index is 616. The third-order valence-corrected chi connectivity index (χ3v) is 4.38. The maximum absolute atomic E-state index is 12.9. The average molecular weight is 314 g/mol. The van der Waals surface area contributed by atoms with Crippen molar-refractivity contribution in [1.82, 2.24) is 9.62 Å². The zero-order valence-electron chi connectivity index (χ0n) is 12.0. The van der Waals surface area contributed by atoms with Crippen molar-refractivity contribution in [3.05, 3.63) is 35.6 Å². The Morgan fingerprint density at radius 1 is 1.38 bits per heavy atom. The largest absolute Gasteiger partial charge is 0.341 e. The normalized spacial score (nSPS) is 20.5. The van der Waals surface area contributed by atoms with E-state index in [-0.39, 0.29) is 17.6 Å². The predicted molar refractivity (Wildman–Crippen MR) is 77.8 cm³/mol. The van der Waals surface area contributed by atoms with Crippen molar-refractivity contribution in [2.75, 3.05) is 19.3 Å². The number of nitrogens with zero attached hydrogens (tertiary/aromatic N) is 1. The number of carbonyl (C=O) groups is 1. The van der Waals surface area contributed by atoms with Crippen LogP contribution in [-0.4, -0.2) is 44.6 Å². The molecule has 1 N–H and O–H groups in total. The molecule has 116 valence electrons. The molecule has 0 radical (unpaired) electrons. The van der Waals surface area contributed by atoms with Crippen molar-refractivity contribution >= 4 is 15.9 Å². The summed E-state index contributed by atoms with van der Waals surface area (Å²) in [6.45, 7) is 2.64. The molecular formula is C14H19FN2O3S. The fraction of sp³-hybridized carbons (Fsp3) is 0.500. The highest BCUT2D eigenvalue weighted by Crippen LogP contribution is 2.27. The minimum atomic E-state index is -3.41. The minimum absolute atomic E-state index is 0.167. The van der Waals surface area contributed by atoms with Gasteiger partial charge in [-0.3, -0.25) is 4.79 Å². The van der Waals surface area contributed by atoms with Crippen molar-refractivity contribution in [2.45, 2.75) is 25.3 Å². The van der Waals surface area contributed by atoms with Crippen LogP contribution in [0.15, 0.2) is 24.3 Å². The minimum Gasteiger partial charge on any atom is -0.341 e. The second-order valence-electron chi connectivity index (χ2n) is 5.43. The molecule has 1 amide bonds. The van der Waals surface area contributed by atoms with Gasteiger partial charge in [0.1, 0.15) is 5.82 Å². The van der Waals surface area contributed by atoms with Gasteiger partial charge in [0.15, 0.2) is 0 Å². The first-order valence-electron chi connectivity index (χ1n) is 6.78. The highest BCUT2D eigenvalue weighted by atomic mass is 32.2. The van der Waals surface area contributed by atoms with Crippen molar-refractivity contribution in [3.63, 3.8) is 0 Å². The lowest BCUT2D eigenvalue weighted by Crippen LogP contribution is -2.45. The second-order valence-corrected chi connectivity index (χ2v) is 7.21. The van der Waals surface area contributed by atoms with Gasteiger partial charge in [-0.25, -0.2) is 17.5 Å². The highest BCUT2D eigenvalue weighted by molar-refractivity contribution is 7.88. The maximum Gasteiger partial charge on any atom is 0.240 e. The molecule has 0 saturated carbocycles. The molecule has 1 heterocycles. The van der Waals surface area contributed by atoms with Gasteiger partial charge >= 0.3 is 0 Å². The zero-order chi connectivity index (χ0) is 15.6. The van der Waals surface area contributed by atoms with E-state index < -0.39 is 16.1 Å². The van der Waals surface area contributed by atoms with Crippen LogP contribution in [0.5, 0.6) is 0 Å². The molecule has 0 aliphatic carbocycles. The van der Waals surface area contributed by atoms with E-state index in [1.54, 1.807) is 17.0 Å². The van der Waals surface area contributed by atoms with Crippen molar-refractivity contribution in [1.29, 1.82) is 0 Å². The van der Waals surface area contributed by atoms with Gasteiger partial charge in [-0.2, -0.15) is 0 Å². The van der Waals surface area contributed by atoms with E-state index in [2.05, 4.69) is 4.72 Å². The third-order valence-electron chi connectivity index (χ3n) is 3.60. The lowest BCUT2D eigenvalue weighted by Gasteiger charge is -2.21. The molecule has 0 spiro atoms. The smallest absolute Gasteiger partial charge is 0.240 e. The Morgan fingerprint density at radius 3 is 2.57 bits per heavy atom. The first-order chi connectivity index (χ1) is 9.76. The Morgan fingerprint density at radius 2 is 2.00 bits per heavy atom. The number of hydrogen-bond donors (Lipinski definition) is 1. The van der Waals surface area contributed by atoms with Crippen LogP contribution in [0.2, 0.25) is 0 Å². The predicted octanol–water partition coefficient (Wildman–Crippen LogP) is 1.08. The number of amides is 1. The van der Waals surface area contributed by atoms with Gasteiger partial charge in [0.05, 0.1) is 12.3 Å². The summed E-state index contributed by atoms with van der Waals surface area (Å²) in [7, 11) is -3.41. The van der Waals surface area contributed by atoms with Crippen LogP contribution in [0, 0.1) is 5.82 Å². The Hall–Kier alpha value is -1.47. The van der Waals surface area contributed by atoms with Crippen LogP contribution in [0.3, 0.4) is 0 Å². The molecule has 1 fully saturated rings.